The Hall–Kier alpha value is -1.60. The molecule has 1 heteroatoms. The first-order valence-electron chi connectivity index (χ1n) is 8.49. The van der Waals surface area contributed by atoms with Gasteiger partial charge >= 0.3 is 0 Å². The Bertz CT molecular complexity index is 458. The normalized spacial score (nSPS) is 13.2. The minimum atomic E-state index is 1.00. The molecule has 1 fully saturated rings. The lowest BCUT2D eigenvalue weighted by atomic mass is 10.0. The summed E-state index contributed by atoms with van der Waals surface area (Å²) in [5.41, 5.74) is 3.97. The smallest absolute Gasteiger partial charge is 0.0319 e. The Morgan fingerprint density at radius 1 is 0.636 bits per heavy atom. The van der Waals surface area contributed by atoms with Gasteiger partial charge in [0.05, 0.1) is 0 Å². The van der Waals surface area contributed by atoms with Crippen molar-refractivity contribution < 1.29 is 5.11 Å². The zero-order valence-corrected chi connectivity index (χ0v) is 14.1. The monoisotopic (exact) mass is 298 g/mol. The molecule has 1 N–H and O–H groups in total. The van der Waals surface area contributed by atoms with E-state index in [1.54, 1.807) is 0 Å². The third kappa shape index (κ3) is 6.91. The molecule has 0 atom stereocenters. The summed E-state index contributed by atoms with van der Waals surface area (Å²) in [4.78, 5) is 0. The van der Waals surface area contributed by atoms with E-state index >= 15 is 0 Å². The fraction of sp³-hybridized carbons (Fsp3) is 0.429. The summed E-state index contributed by atoms with van der Waals surface area (Å²) >= 11 is 0. The predicted octanol–water partition coefficient (Wildman–Crippen LogP) is 5.87. The minimum absolute atomic E-state index is 1.00. The largest absolute Gasteiger partial charge is 0.400 e. The number of benzene rings is 2. The molecule has 0 radical (unpaired) electrons. The van der Waals surface area contributed by atoms with Gasteiger partial charge in [0.25, 0.3) is 0 Å². The summed E-state index contributed by atoms with van der Waals surface area (Å²) in [5, 5.41) is 7.00. The highest BCUT2D eigenvalue weighted by Crippen LogP contribution is 2.19. The van der Waals surface area contributed by atoms with Crippen LogP contribution in [0.1, 0.15) is 51.0 Å². The first-order chi connectivity index (χ1) is 10.9. The quantitative estimate of drug-likeness (QED) is 0.735. The van der Waals surface area contributed by atoms with Crippen LogP contribution in [-0.4, -0.2) is 12.2 Å². The summed E-state index contributed by atoms with van der Waals surface area (Å²) in [6.07, 6.45) is 10.1. The number of hydrogen-bond donors (Lipinski definition) is 1. The lowest BCUT2D eigenvalue weighted by Crippen LogP contribution is -1.85. The average molecular weight is 298 g/mol. The molecule has 3 rings (SSSR count). The van der Waals surface area contributed by atoms with Crippen LogP contribution >= 0.6 is 0 Å². The van der Waals surface area contributed by atoms with E-state index in [0.29, 0.717) is 0 Å². The molecule has 1 nitrogen and oxygen atoms in total. The molecule has 0 amide bonds. The van der Waals surface area contributed by atoms with Gasteiger partial charge in [-0.15, -0.1) is 0 Å². The second kappa shape index (κ2) is 12.0. The van der Waals surface area contributed by atoms with Gasteiger partial charge in [-0.2, -0.15) is 0 Å². The Balaban J connectivity index is 0.000000253. The zero-order valence-electron chi connectivity index (χ0n) is 14.1. The van der Waals surface area contributed by atoms with Gasteiger partial charge in [0.15, 0.2) is 0 Å². The highest BCUT2D eigenvalue weighted by atomic mass is 16.2. The van der Waals surface area contributed by atoms with Crippen molar-refractivity contribution in [1.82, 2.24) is 0 Å². The Morgan fingerprint density at radius 3 is 1.45 bits per heavy atom. The molecule has 0 bridgehead atoms. The fourth-order valence-corrected chi connectivity index (χ4v) is 2.62. The maximum Gasteiger partial charge on any atom is 0.0319 e. The highest BCUT2D eigenvalue weighted by Gasteiger charge is 1.96. The summed E-state index contributed by atoms with van der Waals surface area (Å²) in [5.74, 6) is 0. The zero-order chi connectivity index (χ0) is 16.0. The van der Waals surface area contributed by atoms with Crippen molar-refractivity contribution in [2.75, 3.05) is 7.11 Å². The maximum atomic E-state index is 7.00. The molecule has 1 aliphatic rings. The minimum Gasteiger partial charge on any atom is -0.400 e. The van der Waals surface area contributed by atoms with E-state index in [0.717, 1.165) is 13.5 Å². The summed E-state index contributed by atoms with van der Waals surface area (Å²) < 4.78 is 0. The van der Waals surface area contributed by atoms with E-state index in [1.807, 2.05) is 6.07 Å². The average Bonchev–Trinajstić information content (AvgIpc) is 2.66. The van der Waals surface area contributed by atoms with E-state index in [-0.39, 0.29) is 0 Å². The standard InChI is InChI=1S/C14H14.C6H12.CH4O/c1-2-12-8-10-14(11-9-12)13-6-4-3-5-7-13;1-2-4-6-5-3-1;1-2/h3-11H,2H2,1H3;1-6H2;2H,1H3. The van der Waals surface area contributed by atoms with Gasteiger partial charge < -0.3 is 5.11 Å². The SMILES string of the molecule is C1CCCCC1.CCc1ccc(-c2ccccc2)cc1.CO. The van der Waals surface area contributed by atoms with Gasteiger partial charge in [-0.05, 0) is 23.1 Å². The van der Waals surface area contributed by atoms with Crippen molar-refractivity contribution in [3.8, 4) is 11.1 Å². The van der Waals surface area contributed by atoms with Gasteiger partial charge in [0.1, 0.15) is 0 Å². The van der Waals surface area contributed by atoms with Gasteiger partial charge in [-0.1, -0.05) is 100 Å². The molecule has 2 aromatic carbocycles. The molecule has 2 aromatic rings. The third-order valence-electron chi connectivity index (χ3n) is 3.97. The van der Waals surface area contributed by atoms with Crippen molar-refractivity contribution in [2.45, 2.75) is 51.9 Å². The predicted molar refractivity (Wildman–Crippen MR) is 97.1 cm³/mol. The van der Waals surface area contributed by atoms with Crippen LogP contribution in [0.25, 0.3) is 11.1 Å². The van der Waals surface area contributed by atoms with E-state index in [9.17, 15) is 0 Å². The molecule has 1 aliphatic carbocycles. The molecule has 22 heavy (non-hydrogen) atoms. The summed E-state index contributed by atoms with van der Waals surface area (Å²) in [6, 6.07) is 19.2. The fourth-order valence-electron chi connectivity index (χ4n) is 2.62. The third-order valence-corrected chi connectivity index (χ3v) is 3.97. The van der Waals surface area contributed by atoms with Crippen LogP contribution in [-0.2, 0) is 6.42 Å². The second-order valence-corrected chi connectivity index (χ2v) is 5.54. The van der Waals surface area contributed by atoms with Gasteiger partial charge in [0.2, 0.25) is 0 Å². The summed E-state index contributed by atoms with van der Waals surface area (Å²) in [6.45, 7) is 2.18. The molecule has 0 heterocycles. The van der Waals surface area contributed by atoms with Crippen LogP contribution in [0.2, 0.25) is 0 Å². The maximum absolute atomic E-state index is 7.00. The highest BCUT2D eigenvalue weighted by molar-refractivity contribution is 5.63. The molecule has 0 aliphatic heterocycles. The number of aliphatic hydroxyl groups excluding tert-OH is 1. The van der Waals surface area contributed by atoms with Gasteiger partial charge in [0, 0.05) is 7.11 Å². The molecule has 120 valence electrons. The number of hydrogen-bond acceptors (Lipinski definition) is 1. The van der Waals surface area contributed by atoms with Crippen molar-refractivity contribution in [3.63, 3.8) is 0 Å². The van der Waals surface area contributed by atoms with E-state index < -0.39 is 0 Å². The first kappa shape index (κ1) is 18.4. The van der Waals surface area contributed by atoms with Crippen molar-refractivity contribution in [1.29, 1.82) is 0 Å². The molecule has 0 aromatic heterocycles. The first-order valence-corrected chi connectivity index (χ1v) is 8.49. The van der Waals surface area contributed by atoms with Crippen molar-refractivity contribution in [2.24, 2.45) is 0 Å². The topological polar surface area (TPSA) is 20.2 Å². The lowest BCUT2D eigenvalue weighted by Gasteiger charge is -2.05. The van der Waals surface area contributed by atoms with E-state index in [4.69, 9.17) is 5.11 Å². The molecular weight excluding hydrogens is 268 g/mol. The van der Waals surface area contributed by atoms with Crippen molar-refractivity contribution >= 4 is 0 Å². The molecule has 0 saturated heterocycles. The molecule has 0 unspecified atom stereocenters. The Kier molecular flexibility index (Phi) is 10.1. The molecule has 1 saturated carbocycles. The number of rotatable bonds is 2. The molecular formula is C21H30O. The van der Waals surface area contributed by atoms with E-state index in [1.165, 1.54) is 55.2 Å². The Morgan fingerprint density at radius 2 is 1.05 bits per heavy atom. The summed E-state index contributed by atoms with van der Waals surface area (Å²) in [7, 11) is 1.00. The van der Waals surface area contributed by atoms with Gasteiger partial charge in [-0.25, -0.2) is 0 Å². The second-order valence-electron chi connectivity index (χ2n) is 5.54. The number of aliphatic hydroxyl groups is 1. The lowest BCUT2D eigenvalue weighted by molar-refractivity contribution is 0.399. The van der Waals surface area contributed by atoms with Crippen LogP contribution in [0.4, 0.5) is 0 Å². The number of aryl methyl sites for hydroxylation is 1. The van der Waals surface area contributed by atoms with Gasteiger partial charge in [-0.3, -0.25) is 0 Å². The Labute approximate surface area is 136 Å². The van der Waals surface area contributed by atoms with E-state index in [2.05, 4.69) is 55.5 Å². The van der Waals surface area contributed by atoms with Crippen LogP contribution in [0, 0.1) is 0 Å². The van der Waals surface area contributed by atoms with Crippen LogP contribution in [0.15, 0.2) is 54.6 Å². The molecule has 0 spiro atoms. The van der Waals surface area contributed by atoms with Crippen LogP contribution in [0.3, 0.4) is 0 Å². The van der Waals surface area contributed by atoms with Crippen LogP contribution < -0.4 is 0 Å². The van der Waals surface area contributed by atoms with Crippen molar-refractivity contribution in [3.05, 3.63) is 60.2 Å². The van der Waals surface area contributed by atoms with Crippen LogP contribution in [0.5, 0.6) is 0 Å².